The topological polar surface area (TPSA) is 94.2 Å². The highest BCUT2D eigenvalue weighted by molar-refractivity contribution is 9.11. The van der Waals surface area contributed by atoms with Crippen LogP contribution in [0.2, 0.25) is 0 Å². The summed E-state index contributed by atoms with van der Waals surface area (Å²) in [5.41, 5.74) is 2.64. The van der Waals surface area contributed by atoms with Crippen molar-refractivity contribution in [2.75, 3.05) is 12.0 Å². The van der Waals surface area contributed by atoms with E-state index in [1.54, 1.807) is 49.6 Å². The highest BCUT2D eigenvalue weighted by atomic mass is 79.9. The zero-order valence-electron chi connectivity index (χ0n) is 22.3. The molecule has 0 bridgehead atoms. The zero-order chi connectivity index (χ0) is 29.6. The largest absolute Gasteiger partial charge is 0.493 e. The second-order valence-corrected chi connectivity index (χ2v) is 10.9. The van der Waals surface area contributed by atoms with Crippen LogP contribution in [-0.2, 0) is 22.8 Å². The monoisotopic (exact) mass is 690 g/mol. The van der Waals surface area contributed by atoms with E-state index >= 15 is 0 Å². The summed E-state index contributed by atoms with van der Waals surface area (Å²) in [6.07, 6.45) is 1.43. The van der Waals surface area contributed by atoms with Crippen molar-refractivity contribution in [1.82, 2.24) is 5.32 Å². The van der Waals surface area contributed by atoms with E-state index in [1.807, 2.05) is 48.5 Å². The molecule has 0 aromatic heterocycles. The van der Waals surface area contributed by atoms with Gasteiger partial charge in [-0.15, -0.1) is 0 Å². The van der Waals surface area contributed by atoms with Crippen molar-refractivity contribution < 1.29 is 28.6 Å². The molecule has 0 unspecified atom stereocenters. The number of anilines is 1. The number of imide groups is 2. The van der Waals surface area contributed by atoms with Gasteiger partial charge in [0.1, 0.15) is 24.5 Å². The molecule has 1 saturated heterocycles. The van der Waals surface area contributed by atoms with Gasteiger partial charge in [0.25, 0.3) is 11.8 Å². The normalized spacial score (nSPS) is 14.1. The number of para-hydroxylation sites is 1. The van der Waals surface area contributed by atoms with Gasteiger partial charge < -0.3 is 14.2 Å². The molecule has 212 valence electrons. The van der Waals surface area contributed by atoms with Crippen molar-refractivity contribution in [3.8, 4) is 17.2 Å². The summed E-state index contributed by atoms with van der Waals surface area (Å²) in [7, 11) is 1.59. The SMILES string of the molecule is COc1cc(COc2c(Br)cc(/C=C3/C(=O)NC(=O)N(c4ccccc4)C3=O)cc2Br)ccc1OCc1ccccc1. The number of hydrogen-bond acceptors (Lipinski definition) is 6. The molecular formula is C32H24Br2N2O6. The minimum Gasteiger partial charge on any atom is -0.493 e. The van der Waals surface area contributed by atoms with Gasteiger partial charge in [0, 0.05) is 0 Å². The van der Waals surface area contributed by atoms with Crippen LogP contribution in [0.5, 0.6) is 17.2 Å². The number of ether oxygens (including phenoxy) is 3. The Morgan fingerprint density at radius 2 is 1.40 bits per heavy atom. The molecule has 0 spiro atoms. The number of urea groups is 1. The third kappa shape index (κ3) is 6.56. The minimum absolute atomic E-state index is 0.174. The van der Waals surface area contributed by atoms with E-state index in [2.05, 4.69) is 37.2 Å². The first kappa shape index (κ1) is 29.1. The van der Waals surface area contributed by atoms with E-state index in [0.29, 0.717) is 44.1 Å². The van der Waals surface area contributed by atoms with Gasteiger partial charge in [0.2, 0.25) is 0 Å². The number of barbiturate groups is 1. The molecule has 4 aromatic carbocycles. The van der Waals surface area contributed by atoms with Crippen LogP contribution in [0.3, 0.4) is 0 Å². The smallest absolute Gasteiger partial charge is 0.335 e. The van der Waals surface area contributed by atoms with Crippen LogP contribution >= 0.6 is 31.9 Å². The second kappa shape index (κ2) is 13.1. The van der Waals surface area contributed by atoms with Crippen LogP contribution in [0.1, 0.15) is 16.7 Å². The molecule has 1 aliphatic rings. The fourth-order valence-electron chi connectivity index (χ4n) is 4.25. The van der Waals surface area contributed by atoms with E-state index in [0.717, 1.165) is 16.0 Å². The second-order valence-electron chi connectivity index (χ2n) is 9.16. The van der Waals surface area contributed by atoms with E-state index in [1.165, 1.54) is 6.08 Å². The zero-order valence-corrected chi connectivity index (χ0v) is 25.5. The third-order valence-electron chi connectivity index (χ3n) is 6.30. The molecule has 0 aliphatic carbocycles. The number of halogens is 2. The first-order valence-electron chi connectivity index (χ1n) is 12.8. The first-order chi connectivity index (χ1) is 20.3. The van der Waals surface area contributed by atoms with E-state index in [9.17, 15) is 14.4 Å². The number of benzene rings is 4. The van der Waals surface area contributed by atoms with E-state index in [-0.39, 0.29) is 12.2 Å². The van der Waals surface area contributed by atoms with Crippen molar-refractivity contribution >= 4 is 61.5 Å². The average Bonchev–Trinajstić information content (AvgIpc) is 2.99. The van der Waals surface area contributed by atoms with E-state index < -0.39 is 17.8 Å². The molecule has 4 aromatic rings. The molecule has 1 N–H and O–H groups in total. The summed E-state index contributed by atoms with van der Waals surface area (Å²) in [5.74, 6) is 0.257. The number of nitrogens with zero attached hydrogens (tertiary/aromatic N) is 1. The van der Waals surface area contributed by atoms with Crippen molar-refractivity contribution in [2.24, 2.45) is 0 Å². The number of nitrogens with one attached hydrogen (secondary N) is 1. The Morgan fingerprint density at radius 3 is 2.07 bits per heavy atom. The third-order valence-corrected chi connectivity index (χ3v) is 7.47. The van der Waals surface area contributed by atoms with E-state index in [4.69, 9.17) is 14.2 Å². The fraction of sp³-hybridized carbons (Fsp3) is 0.0938. The van der Waals surface area contributed by atoms with Crippen molar-refractivity contribution in [1.29, 1.82) is 0 Å². The standard InChI is InChI=1S/C32H24Br2N2O6/c1-40-28-17-21(12-13-27(28)41-18-20-8-4-2-5-9-20)19-42-29-25(33)15-22(16-26(29)34)14-24-30(37)35-32(39)36(31(24)38)23-10-6-3-7-11-23/h2-17H,18-19H2,1H3,(H,35,37,39)/b24-14-. The molecule has 1 aliphatic heterocycles. The van der Waals surface area contributed by atoms with Gasteiger partial charge in [0.15, 0.2) is 11.5 Å². The number of carbonyl (C=O) groups is 3. The number of amides is 4. The first-order valence-corrected chi connectivity index (χ1v) is 14.3. The molecule has 0 saturated carbocycles. The molecule has 8 nitrogen and oxygen atoms in total. The number of carbonyl (C=O) groups excluding carboxylic acids is 3. The van der Waals surface area contributed by atoms with Crippen molar-refractivity contribution in [3.63, 3.8) is 0 Å². The van der Waals surface area contributed by atoms with Crippen LogP contribution in [0.15, 0.2) is 106 Å². The summed E-state index contributed by atoms with van der Waals surface area (Å²) in [5, 5.41) is 2.23. The maximum atomic E-state index is 13.1. The fourth-order valence-corrected chi connectivity index (χ4v) is 5.70. The predicted octanol–water partition coefficient (Wildman–Crippen LogP) is 7.04. The number of methoxy groups -OCH3 is 1. The Balaban J connectivity index is 1.30. The highest BCUT2D eigenvalue weighted by Crippen LogP contribution is 2.37. The molecule has 5 rings (SSSR count). The van der Waals surface area contributed by atoms with Gasteiger partial charge in [-0.3, -0.25) is 14.9 Å². The Bertz CT molecular complexity index is 1650. The highest BCUT2D eigenvalue weighted by Gasteiger charge is 2.36. The molecule has 10 heteroatoms. The minimum atomic E-state index is -0.799. The Hall–Kier alpha value is -4.41. The average molecular weight is 692 g/mol. The van der Waals surface area contributed by atoms with Gasteiger partial charge in [0.05, 0.1) is 21.7 Å². The summed E-state index contributed by atoms with van der Waals surface area (Å²) >= 11 is 7.06. The van der Waals surface area contributed by atoms with Gasteiger partial charge in [-0.1, -0.05) is 54.6 Å². The van der Waals surface area contributed by atoms with Crippen molar-refractivity contribution in [2.45, 2.75) is 13.2 Å². The Labute approximate surface area is 259 Å². The lowest BCUT2D eigenvalue weighted by Gasteiger charge is -2.26. The predicted molar refractivity (Wildman–Crippen MR) is 165 cm³/mol. The van der Waals surface area contributed by atoms with Crippen LogP contribution in [0, 0.1) is 0 Å². The molecule has 1 fully saturated rings. The van der Waals surface area contributed by atoms with Gasteiger partial charge in [-0.25, -0.2) is 9.69 Å². The lowest BCUT2D eigenvalue weighted by atomic mass is 10.1. The number of rotatable bonds is 9. The van der Waals surface area contributed by atoms with Crippen LogP contribution in [-0.4, -0.2) is 25.0 Å². The Kier molecular flexibility index (Phi) is 9.04. The van der Waals surface area contributed by atoms with Crippen LogP contribution in [0.25, 0.3) is 6.08 Å². The molecular weight excluding hydrogens is 668 g/mol. The van der Waals surface area contributed by atoms with Gasteiger partial charge in [-0.05, 0) is 91.0 Å². The summed E-state index contributed by atoms with van der Waals surface area (Å²) in [6.45, 7) is 0.658. The molecule has 0 radical (unpaired) electrons. The van der Waals surface area contributed by atoms with Crippen molar-refractivity contribution in [3.05, 3.63) is 122 Å². The maximum absolute atomic E-state index is 13.1. The number of hydrogen-bond donors (Lipinski definition) is 1. The summed E-state index contributed by atoms with van der Waals surface area (Å²) in [6, 6.07) is 26.5. The maximum Gasteiger partial charge on any atom is 0.335 e. The molecule has 4 amide bonds. The summed E-state index contributed by atoms with van der Waals surface area (Å²) < 4.78 is 18.7. The molecule has 1 heterocycles. The Morgan fingerprint density at radius 1 is 0.762 bits per heavy atom. The lowest BCUT2D eigenvalue weighted by Crippen LogP contribution is -2.54. The van der Waals surface area contributed by atoms with Crippen LogP contribution < -0.4 is 24.4 Å². The quantitative estimate of drug-likeness (QED) is 0.149. The molecule has 42 heavy (non-hydrogen) atoms. The summed E-state index contributed by atoms with van der Waals surface area (Å²) in [4.78, 5) is 39.0. The lowest BCUT2D eigenvalue weighted by molar-refractivity contribution is -0.122. The van der Waals surface area contributed by atoms with Gasteiger partial charge >= 0.3 is 6.03 Å². The van der Waals surface area contributed by atoms with Gasteiger partial charge in [-0.2, -0.15) is 0 Å². The molecule has 0 atom stereocenters. The van der Waals surface area contributed by atoms with Crippen LogP contribution in [0.4, 0.5) is 10.5 Å².